The predicted octanol–water partition coefficient (Wildman–Crippen LogP) is -1.41. The Morgan fingerprint density at radius 1 is 0.385 bits per heavy atom. The molecule has 0 aliphatic carbocycles. The summed E-state index contributed by atoms with van der Waals surface area (Å²) in [6.07, 6.45) is 0. The molecule has 13 nitrogen and oxygen atoms in total. The van der Waals surface area contributed by atoms with Crippen molar-refractivity contribution in [2.45, 2.75) is 0 Å². The van der Waals surface area contributed by atoms with Gasteiger partial charge in [0, 0.05) is 64.0 Å². The van der Waals surface area contributed by atoms with Crippen LogP contribution in [-0.4, -0.2) is 105 Å². The second kappa shape index (κ2) is 11.4. The first kappa shape index (κ1) is 26.3. The summed E-state index contributed by atoms with van der Waals surface area (Å²) in [7, 11) is -4.74. The molecule has 0 saturated heterocycles. The molecule has 0 aromatic carbocycles. The van der Waals surface area contributed by atoms with E-state index in [-0.39, 0.29) is 0 Å². The SMILES string of the molecule is CO[Si](OC)(OC)O[Si](OC)(OC)O[Si@@](O)(OC)O[Si](OC)(OC)OC. The maximum atomic E-state index is 10.7. The molecule has 158 valence electrons. The highest BCUT2D eigenvalue weighted by Crippen LogP contribution is 2.25. The highest BCUT2D eigenvalue weighted by molar-refractivity contribution is 6.77. The van der Waals surface area contributed by atoms with Crippen molar-refractivity contribution >= 4 is 36.2 Å². The van der Waals surface area contributed by atoms with Crippen molar-refractivity contribution in [2.75, 3.05) is 64.0 Å². The molecule has 0 aliphatic heterocycles. The summed E-state index contributed by atoms with van der Waals surface area (Å²) in [5, 5.41) is 0. The second-order valence-corrected chi connectivity index (χ2v) is 14.3. The minimum atomic E-state index is -4.51. The van der Waals surface area contributed by atoms with E-state index in [1.807, 2.05) is 0 Å². The lowest BCUT2D eigenvalue weighted by atomic mass is 11.8. The Labute approximate surface area is 157 Å². The van der Waals surface area contributed by atoms with Crippen LogP contribution in [0.1, 0.15) is 0 Å². The van der Waals surface area contributed by atoms with E-state index in [1.54, 1.807) is 0 Å². The summed E-state index contributed by atoms with van der Waals surface area (Å²) in [6, 6.07) is 0. The van der Waals surface area contributed by atoms with Gasteiger partial charge in [-0.25, -0.2) is 0 Å². The fraction of sp³-hybridized carbons (Fsp3) is 1.00. The van der Waals surface area contributed by atoms with Gasteiger partial charge in [-0.2, -0.15) is 0 Å². The third-order valence-corrected chi connectivity index (χ3v) is 13.6. The maximum absolute atomic E-state index is 10.7. The lowest BCUT2D eigenvalue weighted by Crippen LogP contribution is -2.68. The number of rotatable bonds is 15. The van der Waals surface area contributed by atoms with Crippen LogP contribution in [0, 0.1) is 0 Å². The van der Waals surface area contributed by atoms with Crippen LogP contribution in [0.2, 0.25) is 0 Å². The Bertz CT molecular complexity index is 375. The summed E-state index contributed by atoms with van der Waals surface area (Å²) in [5.74, 6) is 0. The van der Waals surface area contributed by atoms with Gasteiger partial charge in [0.15, 0.2) is 0 Å². The van der Waals surface area contributed by atoms with E-state index in [0.717, 1.165) is 7.11 Å². The van der Waals surface area contributed by atoms with Gasteiger partial charge in [0.1, 0.15) is 0 Å². The smallest absolute Gasteiger partial charge is 0.368 e. The summed E-state index contributed by atoms with van der Waals surface area (Å²) in [6.45, 7) is 0. The van der Waals surface area contributed by atoms with Gasteiger partial charge in [-0.1, -0.05) is 0 Å². The van der Waals surface area contributed by atoms with E-state index in [9.17, 15) is 4.80 Å². The highest BCUT2D eigenvalue weighted by Gasteiger charge is 2.66. The Balaban J connectivity index is 5.72. The van der Waals surface area contributed by atoms with Crippen LogP contribution in [0.5, 0.6) is 0 Å². The number of hydrogen-bond donors (Lipinski definition) is 1. The van der Waals surface area contributed by atoms with Crippen molar-refractivity contribution in [3.05, 3.63) is 0 Å². The quantitative estimate of drug-likeness (QED) is 0.290. The van der Waals surface area contributed by atoms with Crippen LogP contribution in [0.15, 0.2) is 0 Å². The molecule has 0 amide bonds. The third-order valence-electron chi connectivity index (χ3n) is 3.02. The average molecular weight is 457 g/mol. The molecular formula is C9H28O13Si4. The summed E-state index contributed by atoms with van der Waals surface area (Å²) in [5.41, 5.74) is 0. The molecule has 0 aliphatic rings. The molecule has 0 saturated carbocycles. The van der Waals surface area contributed by atoms with Crippen LogP contribution >= 0.6 is 0 Å². The van der Waals surface area contributed by atoms with Crippen molar-refractivity contribution in [1.82, 2.24) is 0 Å². The minimum absolute atomic E-state index is 1.14. The van der Waals surface area contributed by atoms with E-state index in [4.69, 9.17) is 52.2 Å². The zero-order chi connectivity index (χ0) is 20.5. The molecule has 0 unspecified atom stereocenters. The van der Waals surface area contributed by atoms with Gasteiger partial charge in [-0.15, -0.1) is 0 Å². The van der Waals surface area contributed by atoms with E-state index in [0.29, 0.717) is 0 Å². The molecule has 0 aromatic rings. The van der Waals surface area contributed by atoms with Crippen LogP contribution in [0.3, 0.4) is 0 Å². The first-order chi connectivity index (χ1) is 12.2. The van der Waals surface area contributed by atoms with Crippen LogP contribution in [0.4, 0.5) is 0 Å². The van der Waals surface area contributed by atoms with Crippen molar-refractivity contribution in [3.8, 4) is 0 Å². The fourth-order valence-corrected chi connectivity index (χ4v) is 11.6. The molecule has 0 radical (unpaired) electrons. The topological polar surface area (TPSA) is 131 Å². The van der Waals surface area contributed by atoms with Crippen molar-refractivity contribution in [1.29, 1.82) is 0 Å². The molecule has 0 spiro atoms. The molecule has 0 rings (SSSR count). The van der Waals surface area contributed by atoms with Gasteiger partial charge < -0.3 is 57.0 Å². The first-order valence-corrected chi connectivity index (χ1v) is 13.5. The Kier molecular flexibility index (Phi) is 11.5. The molecular weight excluding hydrogens is 428 g/mol. The molecule has 0 heterocycles. The predicted molar refractivity (Wildman–Crippen MR) is 91.6 cm³/mol. The van der Waals surface area contributed by atoms with Crippen LogP contribution < -0.4 is 0 Å². The Morgan fingerprint density at radius 2 is 0.654 bits per heavy atom. The standard InChI is InChI=1S/C9H28O13Si4/c1-11-23(10,20-24(12-2,13-3)14-4)21-26(18-8,19-9)22-25(15-5,16-6)17-7/h10H,1-9H3/t23-/m0/s1. The van der Waals surface area contributed by atoms with Gasteiger partial charge in [-0.3, -0.25) is 0 Å². The van der Waals surface area contributed by atoms with Gasteiger partial charge in [0.05, 0.1) is 0 Å². The van der Waals surface area contributed by atoms with E-state index < -0.39 is 36.2 Å². The van der Waals surface area contributed by atoms with Crippen molar-refractivity contribution < 1.29 is 57.0 Å². The zero-order valence-electron chi connectivity index (χ0n) is 16.3. The van der Waals surface area contributed by atoms with E-state index >= 15 is 0 Å². The summed E-state index contributed by atoms with van der Waals surface area (Å²) in [4.78, 5) is 10.7. The molecule has 1 N–H and O–H groups in total. The van der Waals surface area contributed by atoms with Crippen LogP contribution in [-0.2, 0) is 52.2 Å². The van der Waals surface area contributed by atoms with E-state index in [2.05, 4.69) is 0 Å². The van der Waals surface area contributed by atoms with Crippen LogP contribution in [0.25, 0.3) is 0 Å². The monoisotopic (exact) mass is 456 g/mol. The largest absolute Gasteiger partial charge is 0.673 e. The lowest BCUT2D eigenvalue weighted by molar-refractivity contribution is -0.0514. The normalized spacial score (nSPS) is 15.9. The first-order valence-electron chi connectivity index (χ1n) is 6.96. The van der Waals surface area contributed by atoms with E-state index in [1.165, 1.54) is 56.9 Å². The Hall–Kier alpha value is 0.348. The lowest BCUT2D eigenvalue weighted by Gasteiger charge is -2.36. The molecule has 17 heteroatoms. The molecule has 0 bridgehead atoms. The third kappa shape index (κ3) is 6.45. The van der Waals surface area contributed by atoms with Crippen molar-refractivity contribution in [2.24, 2.45) is 0 Å². The van der Waals surface area contributed by atoms with Crippen molar-refractivity contribution in [3.63, 3.8) is 0 Å². The fourth-order valence-electron chi connectivity index (χ4n) is 1.59. The number of hydrogen-bond acceptors (Lipinski definition) is 13. The summed E-state index contributed by atoms with van der Waals surface area (Å²) < 4.78 is 62.8. The van der Waals surface area contributed by atoms with Gasteiger partial charge in [0.2, 0.25) is 0 Å². The minimum Gasteiger partial charge on any atom is -0.368 e. The van der Waals surface area contributed by atoms with Gasteiger partial charge in [0.25, 0.3) is 0 Å². The molecule has 26 heavy (non-hydrogen) atoms. The molecule has 1 atom stereocenters. The maximum Gasteiger partial charge on any atom is 0.673 e. The summed E-state index contributed by atoms with van der Waals surface area (Å²) >= 11 is 0. The average Bonchev–Trinajstić information content (AvgIpc) is 2.70. The zero-order valence-corrected chi connectivity index (χ0v) is 20.3. The second-order valence-electron chi connectivity index (χ2n) is 4.17. The molecule has 0 aromatic heterocycles. The highest BCUT2D eigenvalue weighted by atomic mass is 28.5. The van der Waals surface area contributed by atoms with Gasteiger partial charge >= 0.3 is 36.2 Å². The Morgan fingerprint density at radius 3 is 0.923 bits per heavy atom. The molecule has 0 fully saturated rings. The van der Waals surface area contributed by atoms with Gasteiger partial charge in [-0.05, 0) is 0 Å².